The molecular weight excluding hydrogens is 342 g/mol. The van der Waals surface area contributed by atoms with Gasteiger partial charge >= 0.3 is 24.3 Å². The molecule has 7 nitrogen and oxygen atoms in total. The molecule has 4 N–H and O–H groups in total. The largest absolute Gasteiger partial charge is 0.490 e. The van der Waals surface area contributed by atoms with Crippen molar-refractivity contribution in [2.24, 2.45) is 5.73 Å². The van der Waals surface area contributed by atoms with E-state index in [1.54, 1.807) is 18.2 Å². The van der Waals surface area contributed by atoms with Gasteiger partial charge in [0.1, 0.15) is 5.69 Å². The number of nitrogens with two attached hydrogens (primary N) is 1. The molecule has 0 saturated carbocycles. The molecule has 0 aliphatic carbocycles. The van der Waals surface area contributed by atoms with Crippen molar-refractivity contribution < 1.29 is 50.9 Å². The molecule has 1 heterocycles. The quantitative estimate of drug-likeness (QED) is 0.657. The minimum atomic E-state index is -5.08. The Morgan fingerprint density at radius 1 is 0.913 bits per heavy atom. The number of halogens is 6. The van der Waals surface area contributed by atoms with Crippen LogP contribution in [0.1, 0.15) is 10.5 Å². The first-order valence-corrected chi connectivity index (χ1v) is 5.00. The molecule has 130 valence electrons. The van der Waals surface area contributed by atoms with E-state index in [-0.39, 0.29) is 0 Å². The molecule has 23 heavy (non-hydrogen) atoms. The molecule has 1 aromatic rings. The van der Waals surface area contributed by atoms with Crippen molar-refractivity contribution in [3.8, 4) is 0 Å². The molecule has 0 aliphatic heterocycles. The van der Waals surface area contributed by atoms with Gasteiger partial charge in [0.15, 0.2) is 0 Å². The van der Waals surface area contributed by atoms with Crippen LogP contribution in [-0.2, 0) is 9.59 Å². The first-order chi connectivity index (χ1) is 10.2. The van der Waals surface area contributed by atoms with Crippen LogP contribution < -0.4 is 5.73 Å². The van der Waals surface area contributed by atoms with E-state index in [1.165, 1.54) is 6.20 Å². The van der Waals surface area contributed by atoms with Gasteiger partial charge in [-0.3, -0.25) is 9.78 Å². The number of carboxylic acid groups (broad SMARTS) is 2. The van der Waals surface area contributed by atoms with Gasteiger partial charge in [0.05, 0.1) is 0 Å². The molecule has 0 aromatic carbocycles. The molecule has 1 rings (SSSR count). The maximum Gasteiger partial charge on any atom is 0.490 e. The lowest BCUT2D eigenvalue weighted by Gasteiger charge is -1.93. The van der Waals surface area contributed by atoms with Crippen LogP contribution in [0, 0.1) is 0 Å². The van der Waals surface area contributed by atoms with Crippen molar-refractivity contribution in [1.29, 1.82) is 0 Å². The second-order valence-electron chi connectivity index (χ2n) is 3.19. The maximum absolute atomic E-state index is 10.6. The fourth-order valence-corrected chi connectivity index (χ4v) is 0.509. The summed E-state index contributed by atoms with van der Waals surface area (Å²) in [6.45, 7) is 0. The Hall–Kier alpha value is -2.86. The van der Waals surface area contributed by atoms with E-state index in [2.05, 4.69) is 4.98 Å². The topological polar surface area (TPSA) is 131 Å². The SMILES string of the molecule is NC(=O)c1ccccn1.O=C(O)C(F)(F)F.O=C(O)C(F)(F)F. The van der Waals surface area contributed by atoms with Crippen LogP contribution in [0.3, 0.4) is 0 Å². The Labute approximate surface area is 123 Å². The number of aliphatic carboxylic acids is 2. The number of carbonyl (C=O) groups is 3. The Balaban J connectivity index is 0. The normalized spacial score (nSPS) is 10.3. The third kappa shape index (κ3) is 12.6. The highest BCUT2D eigenvalue weighted by molar-refractivity contribution is 5.90. The van der Waals surface area contributed by atoms with E-state index >= 15 is 0 Å². The second-order valence-corrected chi connectivity index (χ2v) is 3.19. The minimum absolute atomic E-state index is 0.303. The standard InChI is InChI=1S/C6H6N2O.2C2HF3O2/c7-6(9)5-3-1-2-4-8-5;2*3-2(4,5)1(6)7/h1-4H,(H2,7,9);2*(H,6,7). The summed E-state index contributed by atoms with van der Waals surface area (Å²) in [7, 11) is 0. The summed E-state index contributed by atoms with van der Waals surface area (Å²) in [5.74, 6) is -6.00. The summed E-state index contributed by atoms with van der Waals surface area (Å²) in [5, 5.41) is 14.2. The van der Waals surface area contributed by atoms with Gasteiger partial charge in [0.25, 0.3) is 5.91 Å². The lowest BCUT2D eigenvalue weighted by atomic mass is 10.3. The van der Waals surface area contributed by atoms with E-state index < -0.39 is 30.2 Å². The number of aromatic nitrogens is 1. The first-order valence-electron chi connectivity index (χ1n) is 5.00. The van der Waals surface area contributed by atoms with E-state index in [1.807, 2.05) is 0 Å². The average molecular weight is 350 g/mol. The Bertz CT molecular complexity index is 505. The number of hydrogen-bond donors (Lipinski definition) is 3. The molecule has 0 bridgehead atoms. The van der Waals surface area contributed by atoms with Gasteiger partial charge in [0.2, 0.25) is 0 Å². The van der Waals surface area contributed by atoms with Crippen LogP contribution in [0.2, 0.25) is 0 Å². The predicted molar refractivity (Wildman–Crippen MR) is 60.1 cm³/mol. The van der Waals surface area contributed by atoms with Gasteiger partial charge in [-0.25, -0.2) is 9.59 Å². The van der Waals surface area contributed by atoms with Crippen LogP contribution in [0.4, 0.5) is 26.3 Å². The fraction of sp³-hybridized carbons (Fsp3) is 0.200. The number of nitrogens with zero attached hydrogens (tertiary/aromatic N) is 1. The molecule has 13 heteroatoms. The molecule has 0 unspecified atom stereocenters. The summed E-state index contributed by atoms with van der Waals surface area (Å²) in [4.78, 5) is 31.9. The highest BCUT2D eigenvalue weighted by Crippen LogP contribution is 2.13. The van der Waals surface area contributed by atoms with Crippen molar-refractivity contribution in [1.82, 2.24) is 4.98 Å². The van der Waals surface area contributed by atoms with Crippen molar-refractivity contribution in [3.05, 3.63) is 30.1 Å². The number of carbonyl (C=O) groups excluding carboxylic acids is 1. The minimum Gasteiger partial charge on any atom is -0.475 e. The zero-order valence-corrected chi connectivity index (χ0v) is 10.7. The summed E-state index contributed by atoms with van der Waals surface area (Å²) in [6, 6.07) is 5.02. The molecule has 1 amide bonds. The second kappa shape index (κ2) is 9.22. The number of rotatable bonds is 1. The van der Waals surface area contributed by atoms with Gasteiger partial charge in [-0.1, -0.05) is 6.07 Å². The summed E-state index contributed by atoms with van der Waals surface area (Å²) < 4.78 is 63.5. The van der Waals surface area contributed by atoms with Crippen molar-refractivity contribution in [2.75, 3.05) is 0 Å². The molecule has 0 aliphatic rings. The van der Waals surface area contributed by atoms with E-state index in [0.717, 1.165) is 0 Å². The maximum atomic E-state index is 10.6. The third-order valence-corrected chi connectivity index (χ3v) is 1.40. The number of primary amides is 1. The molecular formula is C10H8F6N2O5. The Morgan fingerprint density at radius 3 is 1.39 bits per heavy atom. The van der Waals surface area contributed by atoms with Crippen LogP contribution in [0.15, 0.2) is 24.4 Å². The number of amides is 1. The number of alkyl halides is 6. The summed E-state index contributed by atoms with van der Waals surface area (Å²) in [5.41, 5.74) is 5.22. The summed E-state index contributed by atoms with van der Waals surface area (Å²) >= 11 is 0. The smallest absolute Gasteiger partial charge is 0.475 e. The molecule has 0 saturated heterocycles. The molecule has 0 fully saturated rings. The van der Waals surface area contributed by atoms with Crippen molar-refractivity contribution in [3.63, 3.8) is 0 Å². The predicted octanol–water partition coefficient (Wildman–Crippen LogP) is 1.45. The lowest BCUT2D eigenvalue weighted by Crippen LogP contribution is -2.21. The van der Waals surface area contributed by atoms with Crippen LogP contribution in [0.25, 0.3) is 0 Å². The lowest BCUT2D eigenvalue weighted by molar-refractivity contribution is -0.193. The first kappa shape index (κ1) is 22.4. The number of hydrogen-bond acceptors (Lipinski definition) is 4. The molecule has 1 aromatic heterocycles. The Kier molecular flexibility index (Phi) is 8.99. The molecule has 0 radical (unpaired) electrons. The molecule has 0 atom stereocenters. The van der Waals surface area contributed by atoms with Crippen LogP contribution >= 0.6 is 0 Å². The van der Waals surface area contributed by atoms with E-state index in [9.17, 15) is 31.1 Å². The van der Waals surface area contributed by atoms with Crippen LogP contribution in [0.5, 0.6) is 0 Å². The zero-order chi connectivity index (χ0) is 18.8. The van der Waals surface area contributed by atoms with E-state index in [0.29, 0.717) is 5.69 Å². The Morgan fingerprint density at radius 2 is 1.26 bits per heavy atom. The number of pyridine rings is 1. The third-order valence-electron chi connectivity index (χ3n) is 1.40. The van der Waals surface area contributed by atoms with Crippen molar-refractivity contribution >= 4 is 17.8 Å². The highest BCUT2D eigenvalue weighted by Gasteiger charge is 2.38. The van der Waals surface area contributed by atoms with Gasteiger partial charge in [-0.05, 0) is 12.1 Å². The fourth-order valence-electron chi connectivity index (χ4n) is 0.509. The number of carboxylic acids is 2. The van der Waals surface area contributed by atoms with Gasteiger partial charge in [-0.15, -0.1) is 0 Å². The summed E-state index contributed by atoms with van der Waals surface area (Å²) in [6.07, 6.45) is -8.64. The van der Waals surface area contributed by atoms with E-state index in [4.69, 9.17) is 25.5 Å². The molecule has 0 spiro atoms. The average Bonchev–Trinajstić information content (AvgIpc) is 2.38. The van der Waals surface area contributed by atoms with Gasteiger partial charge in [0, 0.05) is 6.20 Å². The van der Waals surface area contributed by atoms with Gasteiger partial charge in [-0.2, -0.15) is 26.3 Å². The van der Waals surface area contributed by atoms with Gasteiger partial charge < -0.3 is 15.9 Å². The monoisotopic (exact) mass is 350 g/mol. The zero-order valence-electron chi connectivity index (χ0n) is 10.7. The van der Waals surface area contributed by atoms with Crippen LogP contribution in [-0.4, -0.2) is 45.4 Å². The van der Waals surface area contributed by atoms with Crippen molar-refractivity contribution in [2.45, 2.75) is 12.4 Å². The highest BCUT2D eigenvalue weighted by atomic mass is 19.4.